The molecule has 0 fully saturated rings. The lowest BCUT2D eigenvalue weighted by atomic mass is 10.2. The summed E-state index contributed by atoms with van der Waals surface area (Å²) in [6.45, 7) is 3.14. The van der Waals surface area contributed by atoms with Gasteiger partial charge in [-0.2, -0.15) is 0 Å². The van der Waals surface area contributed by atoms with Crippen molar-refractivity contribution in [3.63, 3.8) is 0 Å². The van der Waals surface area contributed by atoms with Gasteiger partial charge in [0, 0.05) is 5.02 Å². The molecule has 0 unspecified atom stereocenters. The van der Waals surface area contributed by atoms with Crippen molar-refractivity contribution in [3.05, 3.63) is 50.8 Å². The van der Waals surface area contributed by atoms with E-state index in [1.807, 2.05) is 26.1 Å². The molecule has 2 aromatic rings. The Labute approximate surface area is 126 Å². The van der Waals surface area contributed by atoms with E-state index in [1.165, 1.54) is 0 Å². The second-order valence-electron chi connectivity index (χ2n) is 4.21. The van der Waals surface area contributed by atoms with Crippen LogP contribution in [0.5, 0.6) is 5.75 Å². The van der Waals surface area contributed by atoms with Crippen molar-refractivity contribution >= 4 is 27.5 Å². The molecule has 0 atom stereocenters. The van der Waals surface area contributed by atoms with E-state index in [9.17, 15) is 0 Å². The van der Waals surface area contributed by atoms with Gasteiger partial charge in [-0.1, -0.05) is 11.6 Å². The summed E-state index contributed by atoms with van der Waals surface area (Å²) in [4.78, 5) is 0. The normalized spacial score (nSPS) is 10.7. The average Bonchev–Trinajstić information content (AvgIpc) is 2.70. The summed E-state index contributed by atoms with van der Waals surface area (Å²) in [6, 6.07) is 7.42. The zero-order chi connectivity index (χ0) is 13.8. The van der Waals surface area contributed by atoms with Crippen molar-refractivity contribution in [3.8, 4) is 5.75 Å². The summed E-state index contributed by atoms with van der Waals surface area (Å²) in [6.07, 6.45) is 0. The largest absolute Gasteiger partial charge is 0.484 e. The summed E-state index contributed by atoms with van der Waals surface area (Å²) in [5.74, 6) is 2.49. The van der Waals surface area contributed by atoms with E-state index in [2.05, 4.69) is 21.2 Å². The lowest BCUT2D eigenvalue weighted by Crippen LogP contribution is -2.04. The maximum absolute atomic E-state index is 5.88. The van der Waals surface area contributed by atoms with Crippen LogP contribution >= 0.6 is 27.5 Å². The van der Waals surface area contributed by atoms with Crippen molar-refractivity contribution in [2.75, 3.05) is 7.05 Å². The van der Waals surface area contributed by atoms with Gasteiger partial charge in [-0.05, 0) is 59.7 Å². The van der Waals surface area contributed by atoms with Crippen LogP contribution in [0.1, 0.15) is 17.1 Å². The minimum atomic E-state index is 0.394. The Morgan fingerprint density at radius 2 is 2.16 bits per heavy atom. The number of furan rings is 1. The molecule has 0 saturated heterocycles. The van der Waals surface area contributed by atoms with Gasteiger partial charge in [-0.15, -0.1) is 0 Å². The number of halogens is 2. The summed E-state index contributed by atoms with van der Waals surface area (Å²) in [7, 11) is 1.89. The molecule has 5 heteroatoms. The van der Waals surface area contributed by atoms with E-state index in [0.29, 0.717) is 11.6 Å². The molecule has 1 N–H and O–H groups in total. The predicted molar refractivity (Wildman–Crippen MR) is 79.7 cm³/mol. The highest BCUT2D eigenvalue weighted by Gasteiger charge is 2.08. The van der Waals surface area contributed by atoms with Crippen LogP contribution in [0.2, 0.25) is 5.02 Å². The third kappa shape index (κ3) is 3.75. The molecule has 3 nitrogen and oxygen atoms in total. The van der Waals surface area contributed by atoms with Crippen molar-refractivity contribution < 1.29 is 9.15 Å². The molecule has 1 aromatic carbocycles. The van der Waals surface area contributed by atoms with Gasteiger partial charge in [0.25, 0.3) is 0 Å². The maximum atomic E-state index is 5.88. The molecule has 0 aliphatic rings. The second-order valence-corrected chi connectivity index (χ2v) is 5.50. The van der Waals surface area contributed by atoms with E-state index in [0.717, 1.165) is 33.9 Å². The van der Waals surface area contributed by atoms with Crippen LogP contribution in [0.3, 0.4) is 0 Å². The standard InChI is InChI=1S/C14H15BrClNO2/c1-9-5-11(19-14(9)7-17-2)8-18-13-4-3-10(16)6-12(13)15/h3-6,17H,7-8H2,1-2H3. The highest BCUT2D eigenvalue weighted by atomic mass is 79.9. The molecule has 1 heterocycles. The number of aryl methyl sites for hydroxylation is 1. The van der Waals surface area contributed by atoms with Gasteiger partial charge in [0.1, 0.15) is 23.9 Å². The van der Waals surface area contributed by atoms with Gasteiger partial charge in [0.05, 0.1) is 11.0 Å². The first-order valence-corrected chi connectivity index (χ1v) is 7.08. The van der Waals surface area contributed by atoms with Gasteiger partial charge in [-0.3, -0.25) is 0 Å². The molecule has 19 heavy (non-hydrogen) atoms. The van der Waals surface area contributed by atoms with Crippen molar-refractivity contribution in [2.24, 2.45) is 0 Å². The first kappa shape index (κ1) is 14.4. The molecular weight excluding hydrogens is 330 g/mol. The second kappa shape index (κ2) is 6.46. The Morgan fingerprint density at radius 3 is 2.84 bits per heavy atom. The van der Waals surface area contributed by atoms with Crippen LogP contribution in [0.15, 0.2) is 33.2 Å². The van der Waals surface area contributed by atoms with Gasteiger partial charge >= 0.3 is 0 Å². The van der Waals surface area contributed by atoms with Crippen LogP contribution in [0.25, 0.3) is 0 Å². The Morgan fingerprint density at radius 1 is 1.37 bits per heavy atom. The summed E-state index contributed by atoms with van der Waals surface area (Å²) >= 11 is 9.30. The smallest absolute Gasteiger partial charge is 0.146 e. The molecule has 1 aromatic heterocycles. The van der Waals surface area contributed by atoms with E-state index in [4.69, 9.17) is 20.8 Å². The fourth-order valence-corrected chi connectivity index (χ4v) is 2.54. The predicted octanol–water partition coefficient (Wildman–Crippen LogP) is 4.30. The fraction of sp³-hybridized carbons (Fsp3) is 0.286. The van der Waals surface area contributed by atoms with E-state index in [-0.39, 0.29) is 0 Å². The van der Waals surface area contributed by atoms with Gasteiger partial charge in [-0.25, -0.2) is 0 Å². The highest BCUT2D eigenvalue weighted by molar-refractivity contribution is 9.10. The Balaban J connectivity index is 2.04. The van der Waals surface area contributed by atoms with Crippen LogP contribution in [0, 0.1) is 6.92 Å². The molecular formula is C14H15BrClNO2. The van der Waals surface area contributed by atoms with Crippen LogP contribution in [-0.4, -0.2) is 7.05 Å². The minimum absolute atomic E-state index is 0.394. The topological polar surface area (TPSA) is 34.4 Å². The maximum Gasteiger partial charge on any atom is 0.146 e. The van der Waals surface area contributed by atoms with Crippen LogP contribution in [-0.2, 0) is 13.2 Å². The molecule has 0 saturated carbocycles. The summed E-state index contributed by atoms with van der Waals surface area (Å²) in [5.41, 5.74) is 1.13. The van der Waals surface area contributed by atoms with Crippen molar-refractivity contribution in [2.45, 2.75) is 20.1 Å². The molecule has 0 aliphatic heterocycles. The van der Waals surface area contributed by atoms with E-state index in [1.54, 1.807) is 12.1 Å². The lowest BCUT2D eigenvalue weighted by molar-refractivity contribution is 0.264. The SMILES string of the molecule is CNCc1oc(COc2ccc(Cl)cc2Br)cc1C. The molecule has 0 bridgehead atoms. The van der Waals surface area contributed by atoms with Gasteiger partial charge in [0.2, 0.25) is 0 Å². The van der Waals surface area contributed by atoms with Crippen LogP contribution in [0.4, 0.5) is 0 Å². The number of hydrogen-bond acceptors (Lipinski definition) is 3. The van der Waals surface area contributed by atoms with Gasteiger partial charge in [0.15, 0.2) is 0 Å². The fourth-order valence-electron chi connectivity index (χ4n) is 1.74. The van der Waals surface area contributed by atoms with Crippen molar-refractivity contribution in [1.82, 2.24) is 5.32 Å². The third-order valence-corrected chi connectivity index (χ3v) is 3.53. The first-order valence-electron chi connectivity index (χ1n) is 5.91. The monoisotopic (exact) mass is 343 g/mol. The zero-order valence-electron chi connectivity index (χ0n) is 10.8. The number of benzene rings is 1. The van der Waals surface area contributed by atoms with Crippen LogP contribution < -0.4 is 10.1 Å². The number of rotatable bonds is 5. The Hall–Kier alpha value is -0.970. The molecule has 0 spiro atoms. The van der Waals surface area contributed by atoms with Crippen molar-refractivity contribution in [1.29, 1.82) is 0 Å². The molecule has 0 amide bonds. The first-order chi connectivity index (χ1) is 9.10. The summed E-state index contributed by atoms with van der Waals surface area (Å²) in [5, 5.41) is 3.74. The average molecular weight is 345 g/mol. The molecule has 0 aliphatic carbocycles. The minimum Gasteiger partial charge on any atom is -0.484 e. The summed E-state index contributed by atoms with van der Waals surface area (Å²) < 4.78 is 12.2. The Kier molecular flexibility index (Phi) is 4.91. The highest BCUT2D eigenvalue weighted by Crippen LogP contribution is 2.29. The number of nitrogens with one attached hydrogen (secondary N) is 1. The third-order valence-electron chi connectivity index (χ3n) is 2.67. The Bertz CT molecular complexity index is 569. The molecule has 2 rings (SSSR count). The van der Waals surface area contributed by atoms with E-state index < -0.39 is 0 Å². The number of hydrogen-bond donors (Lipinski definition) is 1. The number of ether oxygens (including phenoxy) is 1. The lowest BCUT2D eigenvalue weighted by Gasteiger charge is -2.06. The molecule has 102 valence electrons. The van der Waals surface area contributed by atoms with E-state index >= 15 is 0 Å². The zero-order valence-corrected chi connectivity index (χ0v) is 13.1. The van der Waals surface area contributed by atoms with Gasteiger partial charge < -0.3 is 14.5 Å². The molecule has 0 radical (unpaired) electrons. The quantitative estimate of drug-likeness (QED) is 0.878.